The molecule has 170 valence electrons. The van der Waals surface area contributed by atoms with E-state index in [0.29, 0.717) is 21.8 Å². The van der Waals surface area contributed by atoms with Crippen molar-refractivity contribution in [2.24, 2.45) is 4.99 Å². The summed E-state index contributed by atoms with van der Waals surface area (Å²) in [5.74, 6) is 0.376. The number of hydrogen-bond acceptors (Lipinski definition) is 6. The molecule has 1 amide bonds. The Kier molecular flexibility index (Phi) is 6.74. The summed E-state index contributed by atoms with van der Waals surface area (Å²) in [4.78, 5) is 30.1. The summed E-state index contributed by atoms with van der Waals surface area (Å²) in [6.45, 7) is 1.95. The Morgan fingerprint density at radius 3 is 2.48 bits per heavy atom. The third-order valence-corrected chi connectivity index (χ3v) is 6.26. The maximum atomic E-state index is 13.0. The molecule has 0 aliphatic carbocycles. The molecule has 0 N–H and O–H groups in total. The molecule has 8 heteroatoms. The van der Waals surface area contributed by atoms with Gasteiger partial charge in [0.05, 0.1) is 37.5 Å². The monoisotopic (exact) mass is 464 g/mol. The van der Waals surface area contributed by atoms with Crippen molar-refractivity contribution < 1.29 is 23.8 Å². The van der Waals surface area contributed by atoms with Gasteiger partial charge in [-0.2, -0.15) is 4.99 Å². The topological polar surface area (TPSA) is 79.1 Å². The molecule has 0 aliphatic rings. The average molecular weight is 465 g/mol. The van der Waals surface area contributed by atoms with Gasteiger partial charge in [-0.25, -0.2) is 0 Å². The lowest BCUT2D eigenvalue weighted by Gasteiger charge is -2.09. The van der Waals surface area contributed by atoms with Gasteiger partial charge in [-0.05, 0) is 23.3 Å². The van der Waals surface area contributed by atoms with Gasteiger partial charge in [-0.3, -0.25) is 9.59 Å². The number of amides is 1. The maximum absolute atomic E-state index is 13.0. The molecule has 0 saturated carbocycles. The molecular weight excluding hydrogens is 440 g/mol. The number of methoxy groups -OCH3 is 2. The molecule has 1 aromatic heterocycles. The van der Waals surface area contributed by atoms with Crippen LogP contribution in [0.1, 0.15) is 12.5 Å². The molecule has 0 spiro atoms. The van der Waals surface area contributed by atoms with Gasteiger partial charge in [0.1, 0.15) is 6.54 Å². The smallest absolute Gasteiger partial charge is 0.326 e. The highest BCUT2D eigenvalue weighted by molar-refractivity contribution is 7.16. The van der Waals surface area contributed by atoms with Gasteiger partial charge in [-0.15, -0.1) is 0 Å². The molecule has 7 nitrogen and oxygen atoms in total. The van der Waals surface area contributed by atoms with E-state index < -0.39 is 5.97 Å². The van der Waals surface area contributed by atoms with Gasteiger partial charge in [-0.1, -0.05) is 53.8 Å². The third-order valence-electron chi connectivity index (χ3n) is 5.22. The van der Waals surface area contributed by atoms with Crippen molar-refractivity contribution in [1.82, 2.24) is 4.57 Å². The number of thiazole rings is 1. The van der Waals surface area contributed by atoms with Crippen LogP contribution in [0.5, 0.6) is 11.5 Å². The van der Waals surface area contributed by atoms with E-state index in [2.05, 4.69) is 4.99 Å². The second-order valence-electron chi connectivity index (χ2n) is 7.27. The van der Waals surface area contributed by atoms with Gasteiger partial charge < -0.3 is 18.8 Å². The minimum absolute atomic E-state index is 0.0658. The summed E-state index contributed by atoms with van der Waals surface area (Å²) in [5.41, 5.74) is 1.62. The lowest BCUT2D eigenvalue weighted by atomic mass is 10.0. The van der Waals surface area contributed by atoms with Crippen LogP contribution in [0.15, 0.2) is 59.6 Å². The summed E-state index contributed by atoms with van der Waals surface area (Å²) in [6.07, 6.45) is 0.154. The summed E-state index contributed by atoms with van der Waals surface area (Å²) >= 11 is 1.31. The van der Waals surface area contributed by atoms with Crippen molar-refractivity contribution in [1.29, 1.82) is 0 Å². The maximum Gasteiger partial charge on any atom is 0.326 e. The molecule has 0 fully saturated rings. The minimum Gasteiger partial charge on any atom is -0.493 e. The fourth-order valence-electron chi connectivity index (χ4n) is 3.73. The van der Waals surface area contributed by atoms with Crippen molar-refractivity contribution in [2.75, 3.05) is 20.8 Å². The zero-order valence-electron chi connectivity index (χ0n) is 18.7. The first-order valence-electron chi connectivity index (χ1n) is 10.5. The zero-order valence-corrected chi connectivity index (χ0v) is 19.5. The summed E-state index contributed by atoms with van der Waals surface area (Å²) < 4.78 is 18.4. The lowest BCUT2D eigenvalue weighted by molar-refractivity contribution is -0.143. The predicted molar refractivity (Wildman–Crippen MR) is 128 cm³/mol. The molecule has 0 atom stereocenters. The fourth-order valence-corrected chi connectivity index (χ4v) is 4.78. The quantitative estimate of drug-likeness (QED) is 0.385. The lowest BCUT2D eigenvalue weighted by Crippen LogP contribution is -2.23. The first-order chi connectivity index (χ1) is 16.0. The van der Waals surface area contributed by atoms with E-state index in [1.165, 1.54) is 11.3 Å². The molecule has 0 saturated heterocycles. The molecule has 0 radical (unpaired) electrons. The molecule has 0 aliphatic heterocycles. The number of rotatable bonds is 7. The van der Waals surface area contributed by atoms with E-state index in [9.17, 15) is 9.59 Å². The Bertz CT molecular complexity index is 1400. The van der Waals surface area contributed by atoms with Crippen LogP contribution in [0.25, 0.3) is 21.0 Å². The molecular formula is C25H24N2O5S. The van der Waals surface area contributed by atoms with Crippen LogP contribution in [0, 0.1) is 0 Å². The molecule has 1 heterocycles. The second kappa shape index (κ2) is 9.87. The van der Waals surface area contributed by atoms with Crippen molar-refractivity contribution >= 4 is 44.2 Å². The van der Waals surface area contributed by atoms with Gasteiger partial charge >= 0.3 is 5.97 Å². The first-order valence-corrected chi connectivity index (χ1v) is 11.3. The van der Waals surface area contributed by atoms with E-state index in [0.717, 1.165) is 21.0 Å². The van der Waals surface area contributed by atoms with Crippen molar-refractivity contribution in [3.8, 4) is 11.5 Å². The summed E-state index contributed by atoms with van der Waals surface area (Å²) in [7, 11) is 3.10. The SMILES string of the molecule is CCOC(=O)Cn1c(=NC(=O)Cc2cccc3ccccc23)sc2cc(OC)c(OC)cc21. The van der Waals surface area contributed by atoms with E-state index in [1.807, 2.05) is 48.5 Å². The Balaban J connectivity index is 1.78. The number of ether oxygens (including phenoxy) is 3. The molecule has 0 unspecified atom stereocenters. The number of esters is 1. The standard InChI is InChI=1S/C25H24N2O5S/c1-4-32-24(29)15-27-19-13-20(30-2)21(31-3)14-22(19)33-25(27)26-23(28)12-17-10-7-9-16-8-5-6-11-18(16)17/h5-11,13-14H,4,12,15H2,1-3H3. The molecule has 4 rings (SSSR count). The van der Waals surface area contributed by atoms with E-state index in [1.54, 1.807) is 31.8 Å². The first kappa shape index (κ1) is 22.5. The molecule has 3 aromatic carbocycles. The average Bonchev–Trinajstić information content (AvgIpc) is 3.13. The Labute approximate surface area is 194 Å². The molecule has 4 aromatic rings. The third kappa shape index (κ3) is 4.75. The van der Waals surface area contributed by atoms with Crippen molar-refractivity contribution in [3.63, 3.8) is 0 Å². The zero-order chi connectivity index (χ0) is 23.4. The number of carbonyl (C=O) groups excluding carboxylic acids is 2. The van der Waals surface area contributed by atoms with E-state index >= 15 is 0 Å². The van der Waals surface area contributed by atoms with Crippen molar-refractivity contribution in [3.05, 3.63) is 65.0 Å². The normalized spacial score (nSPS) is 11.7. The Morgan fingerprint density at radius 1 is 1.00 bits per heavy atom. The predicted octanol–water partition coefficient (Wildman–Crippen LogP) is 4.11. The summed E-state index contributed by atoms with van der Waals surface area (Å²) in [6, 6.07) is 17.4. The van der Waals surface area contributed by atoms with Crippen LogP contribution in [0.3, 0.4) is 0 Å². The number of benzene rings is 3. The fraction of sp³-hybridized carbons (Fsp3) is 0.240. The van der Waals surface area contributed by atoms with Crippen LogP contribution in [0.4, 0.5) is 0 Å². The molecule has 33 heavy (non-hydrogen) atoms. The number of aromatic nitrogens is 1. The van der Waals surface area contributed by atoms with Crippen LogP contribution >= 0.6 is 11.3 Å². The number of fused-ring (bicyclic) bond motifs is 2. The van der Waals surface area contributed by atoms with Crippen LogP contribution in [-0.4, -0.2) is 37.3 Å². The Hall–Kier alpha value is -3.65. The number of nitrogens with zero attached hydrogens (tertiary/aromatic N) is 2. The highest BCUT2D eigenvalue weighted by Gasteiger charge is 2.16. The highest BCUT2D eigenvalue weighted by atomic mass is 32.1. The van der Waals surface area contributed by atoms with Gasteiger partial charge in [0.15, 0.2) is 16.3 Å². The van der Waals surface area contributed by atoms with Crippen molar-refractivity contribution in [2.45, 2.75) is 19.9 Å². The Morgan fingerprint density at radius 2 is 1.73 bits per heavy atom. The van der Waals surface area contributed by atoms with Crippen LogP contribution in [0.2, 0.25) is 0 Å². The van der Waals surface area contributed by atoms with E-state index in [-0.39, 0.29) is 25.5 Å². The van der Waals surface area contributed by atoms with E-state index in [4.69, 9.17) is 14.2 Å². The number of carbonyl (C=O) groups is 2. The largest absolute Gasteiger partial charge is 0.493 e. The van der Waals surface area contributed by atoms with Gasteiger partial charge in [0.25, 0.3) is 5.91 Å². The molecule has 0 bridgehead atoms. The van der Waals surface area contributed by atoms with Crippen LogP contribution < -0.4 is 14.3 Å². The summed E-state index contributed by atoms with van der Waals surface area (Å²) in [5, 5.41) is 2.09. The second-order valence-corrected chi connectivity index (χ2v) is 8.28. The van der Waals surface area contributed by atoms with Gasteiger partial charge in [0.2, 0.25) is 0 Å². The van der Waals surface area contributed by atoms with Crippen LogP contribution in [-0.2, 0) is 27.3 Å². The minimum atomic E-state index is -0.407. The number of hydrogen-bond donors (Lipinski definition) is 0. The highest BCUT2D eigenvalue weighted by Crippen LogP contribution is 2.33. The van der Waals surface area contributed by atoms with Gasteiger partial charge in [0, 0.05) is 12.1 Å².